The Labute approximate surface area is 131 Å². The molecule has 0 spiro atoms. The van der Waals surface area contributed by atoms with Crippen LogP contribution < -0.4 is 5.32 Å². The van der Waals surface area contributed by atoms with Gasteiger partial charge in [-0.25, -0.2) is 4.98 Å². The number of aromatic nitrogens is 2. The highest BCUT2D eigenvalue weighted by atomic mass is 35.5. The second-order valence-electron chi connectivity index (χ2n) is 4.99. The SMILES string of the molecule is O=C1Nc2ccc(Cl)cc2/C1=C/c1cnc2ccccc2n1. The third-order valence-electron chi connectivity index (χ3n) is 3.52. The van der Waals surface area contributed by atoms with Crippen LogP contribution in [0.5, 0.6) is 0 Å². The van der Waals surface area contributed by atoms with Gasteiger partial charge in [-0.05, 0) is 36.4 Å². The van der Waals surface area contributed by atoms with E-state index in [4.69, 9.17) is 11.6 Å². The van der Waals surface area contributed by atoms with Crippen molar-refractivity contribution in [2.75, 3.05) is 5.32 Å². The van der Waals surface area contributed by atoms with Gasteiger partial charge in [-0.3, -0.25) is 9.78 Å². The van der Waals surface area contributed by atoms with Crippen LogP contribution in [0, 0.1) is 0 Å². The predicted molar refractivity (Wildman–Crippen MR) is 87.5 cm³/mol. The number of halogens is 1. The maximum atomic E-state index is 12.1. The van der Waals surface area contributed by atoms with Crippen molar-refractivity contribution in [3.63, 3.8) is 0 Å². The third kappa shape index (κ3) is 2.14. The zero-order valence-electron chi connectivity index (χ0n) is 11.4. The second-order valence-corrected chi connectivity index (χ2v) is 5.42. The second kappa shape index (κ2) is 4.93. The number of amides is 1. The van der Waals surface area contributed by atoms with E-state index in [9.17, 15) is 4.79 Å². The van der Waals surface area contributed by atoms with E-state index in [-0.39, 0.29) is 5.91 Å². The molecule has 4 rings (SSSR count). The van der Waals surface area contributed by atoms with E-state index in [0.29, 0.717) is 16.3 Å². The van der Waals surface area contributed by atoms with Gasteiger partial charge in [-0.15, -0.1) is 0 Å². The van der Waals surface area contributed by atoms with Gasteiger partial charge in [-0.1, -0.05) is 23.7 Å². The normalized spacial score (nSPS) is 15.1. The maximum absolute atomic E-state index is 12.1. The number of nitrogens with zero attached hydrogens (tertiary/aromatic N) is 2. The van der Waals surface area contributed by atoms with E-state index in [0.717, 1.165) is 22.3 Å². The Bertz CT molecular complexity index is 950. The lowest BCUT2D eigenvalue weighted by atomic mass is 10.1. The van der Waals surface area contributed by atoms with Gasteiger partial charge in [0.25, 0.3) is 5.91 Å². The van der Waals surface area contributed by atoms with E-state index in [1.165, 1.54) is 0 Å². The van der Waals surface area contributed by atoms with Gasteiger partial charge in [0.05, 0.1) is 28.5 Å². The summed E-state index contributed by atoms with van der Waals surface area (Å²) < 4.78 is 0. The molecule has 0 aliphatic carbocycles. The number of hydrogen-bond donors (Lipinski definition) is 1. The number of para-hydroxylation sites is 2. The molecule has 3 aromatic rings. The van der Waals surface area contributed by atoms with Crippen molar-refractivity contribution < 1.29 is 4.79 Å². The van der Waals surface area contributed by atoms with Crippen LogP contribution in [-0.4, -0.2) is 15.9 Å². The quantitative estimate of drug-likeness (QED) is 0.696. The summed E-state index contributed by atoms with van der Waals surface area (Å²) in [7, 11) is 0. The molecular weight excluding hydrogens is 298 g/mol. The van der Waals surface area contributed by atoms with Crippen LogP contribution in [-0.2, 0) is 4.79 Å². The zero-order valence-corrected chi connectivity index (χ0v) is 12.1. The molecule has 1 aliphatic rings. The van der Waals surface area contributed by atoms with E-state index in [2.05, 4.69) is 15.3 Å². The minimum atomic E-state index is -0.160. The zero-order chi connectivity index (χ0) is 15.1. The van der Waals surface area contributed by atoms with Crippen molar-refractivity contribution in [2.45, 2.75) is 0 Å². The van der Waals surface area contributed by atoms with E-state index < -0.39 is 0 Å². The van der Waals surface area contributed by atoms with Crippen molar-refractivity contribution in [3.8, 4) is 0 Å². The Kier molecular flexibility index (Phi) is 2.91. The fraction of sp³-hybridized carbons (Fsp3) is 0. The van der Waals surface area contributed by atoms with E-state index in [1.807, 2.05) is 24.3 Å². The lowest BCUT2D eigenvalue weighted by Crippen LogP contribution is -2.03. The number of hydrogen-bond acceptors (Lipinski definition) is 3. The molecule has 0 bridgehead atoms. The van der Waals surface area contributed by atoms with Crippen molar-refractivity contribution in [1.82, 2.24) is 9.97 Å². The van der Waals surface area contributed by atoms with Gasteiger partial charge in [0.1, 0.15) is 0 Å². The summed E-state index contributed by atoms with van der Waals surface area (Å²) >= 11 is 6.02. The summed E-state index contributed by atoms with van der Waals surface area (Å²) in [4.78, 5) is 21.0. The average Bonchev–Trinajstić information content (AvgIpc) is 2.83. The smallest absolute Gasteiger partial charge is 0.256 e. The lowest BCUT2D eigenvalue weighted by molar-refractivity contribution is -0.110. The van der Waals surface area contributed by atoms with Crippen LogP contribution in [0.4, 0.5) is 5.69 Å². The molecule has 0 atom stereocenters. The van der Waals surface area contributed by atoms with Crippen LogP contribution in [0.15, 0.2) is 48.7 Å². The van der Waals surface area contributed by atoms with Crippen molar-refractivity contribution in [1.29, 1.82) is 0 Å². The molecule has 4 nitrogen and oxygen atoms in total. The predicted octanol–water partition coefficient (Wildman–Crippen LogP) is 3.78. The molecule has 0 saturated heterocycles. The van der Waals surface area contributed by atoms with Gasteiger partial charge in [0.2, 0.25) is 0 Å². The van der Waals surface area contributed by atoms with Gasteiger partial charge >= 0.3 is 0 Å². The molecule has 5 heteroatoms. The molecule has 0 saturated carbocycles. The summed E-state index contributed by atoms with van der Waals surface area (Å²) in [5, 5.41) is 3.41. The average molecular weight is 308 g/mol. The Hall–Kier alpha value is -2.72. The number of carbonyl (C=O) groups excluding carboxylic acids is 1. The first-order chi connectivity index (χ1) is 10.7. The summed E-state index contributed by atoms with van der Waals surface area (Å²) in [5.41, 5.74) is 4.34. The Morgan fingerprint density at radius 3 is 2.77 bits per heavy atom. The fourth-order valence-electron chi connectivity index (χ4n) is 2.49. The van der Waals surface area contributed by atoms with Gasteiger partial charge in [0, 0.05) is 16.3 Å². The van der Waals surface area contributed by atoms with E-state index in [1.54, 1.807) is 30.5 Å². The lowest BCUT2D eigenvalue weighted by Gasteiger charge is -2.00. The Balaban J connectivity index is 1.85. The highest BCUT2D eigenvalue weighted by Gasteiger charge is 2.24. The summed E-state index contributed by atoms with van der Waals surface area (Å²) in [6.07, 6.45) is 3.39. The highest BCUT2D eigenvalue weighted by molar-refractivity contribution is 6.36. The highest BCUT2D eigenvalue weighted by Crippen LogP contribution is 2.34. The van der Waals surface area contributed by atoms with Crippen LogP contribution in [0.1, 0.15) is 11.3 Å². The number of carbonyl (C=O) groups is 1. The molecule has 2 aromatic carbocycles. The minimum Gasteiger partial charge on any atom is -0.321 e. The molecule has 1 N–H and O–H groups in total. The first kappa shape index (κ1) is 13.0. The van der Waals surface area contributed by atoms with Gasteiger partial charge in [-0.2, -0.15) is 0 Å². The van der Waals surface area contributed by atoms with E-state index >= 15 is 0 Å². The Morgan fingerprint density at radius 2 is 1.91 bits per heavy atom. The minimum absolute atomic E-state index is 0.160. The number of rotatable bonds is 1. The topological polar surface area (TPSA) is 54.9 Å². The molecule has 0 radical (unpaired) electrons. The molecule has 22 heavy (non-hydrogen) atoms. The molecule has 1 aliphatic heterocycles. The van der Waals surface area contributed by atoms with Crippen LogP contribution in [0.3, 0.4) is 0 Å². The molecule has 0 fully saturated rings. The van der Waals surface area contributed by atoms with Gasteiger partial charge in [0.15, 0.2) is 0 Å². The number of anilines is 1. The summed E-state index contributed by atoms with van der Waals surface area (Å²) in [6, 6.07) is 12.9. The van der Waals surface area contributed by atoms with Crippen LogP contribution in [0.25, 0.3) is 22.7 Å². The summed E-state index contributed by atoms with van der Waals surface area (Å²) in [6.45, 7) is 0. The number of fused-ring (bicyclic) bond motifs is 2. The molecule has 2 heterocycles. The maximum Gasteiger partial charge on any atom is 0.256 e. The standard InChI is InChI=1S/C17H10ClN3O/c18-10-5-6-14-12(7-10)13(17(22)21-14)8-11-9-19-15-3-1-2-4-16(15)20-11/h1-9H,(H,21,22)/b13-8-. The molecular formula is C17H10ClN3O. The van der Waals surface area contributed by atoms with Crippen molar-refractivity contribution in [3.05, 3.63) is 64.9 Å². The molecule has 106 valence electrons. The first-order valence-electron chi connectivity index (χ1n) is 6.75. The number of benzene rings is 2. The van der Waals surface area contributed by atoms with Crippen LogP contribution >= 0.6 is 11.6 Å². The monoisotopic (exact) mass is 307 g/mol. The molecule has 0 unspecified atom stereocenters. The number of nitrogens with one attached hydrogen (secondary N) is 1. The fourth-order valence-corrected chi connectivity index (χ4v) is 2.66. The molecule has 1 aromatic heterocycles. The van der Waals surface area contributed by atoms with Gasteiger partial charge < -0.3 is 5.32 Å². The Morgan fingerprint density at radius 1 is 1.09 bits per heavy atom. The van der Waals surface area contributed by atoms with Crippen molar-refractivity contribution in [2.24, 2.45) is 0 Å². The molecule has 1 amide bonds. The third-order valence-corrected chi connectivity index (χ3v) is 3.76. The first-order valence-corrected chi connectivity index (χ1v) is 7.13. The summed E-state index contributed by atoms with van der Waals surface area (Å²) in [5.74, 6) is -0.160. The van der Waals surface area contributed by atoms with Crippen LogP contribution in [0.2, 0.25) is 5.02 Å². The largest absolute Gasteiger partial charge is 0.321 e. The van der Waals surface area contributed by atoms with Crippen molar-refractivity contribution >= 4 is 45.9 Å².